The Morgan fingerprint density at radius 3 is 2.62 bits per heavy atom. The summed E-state index contributed by atoms with van der Waals surface area (Å²) in [5, 5.41) is 7.46. The number of hydrogen-bond acceptors (Lipinski definition) is 9. The van der Waals surface area contributed by atoms with E-state index in [0.717, 1.165) is 35.6 Å². The Labute approximate surface area is 238 Å². The van der Waals surface area contributed by atoms with Gasteiger partial charge in [-0.05, 0) is 63.1 Å². The van der Waals surface area contributed by atoms with Crippen LogP contribution in [0.25, 0.3) is 11.4 Å². The predicted octanol–water partition coefficient (Wildman–Crippen LogP) is 4.97. The second-order valence-electron chi connectivity index (χ2n) is 9.94. The van der Waals surface area contributed by atoms with Gasteiger partial charge in [0.05, 0.1) is 40.5 Å². The van der Waals surface area contributed by atoms with Gasteiger partial charge in [-0.25, -0.2) is 24.7 Å². The minimum atomic E-state index is -1.31. The summed E-state index contributed by atoms with van der Waals surface area (Å²) in [6.45, 7) is 5.98. The summed E-state index contributed by atoms with van der Waals surface area (Å²) in [5.74, 6) is 1.81. The maximum absolute atomic E-state index is 13.7. The van der Waals surface area contributed by atoms with Gasteiger partial charge >= 0.3 is 6.03 Å². The third-order valence-corrected chi connectivity index (χ3v) is 10.2. The summed E-state index contributed by atoms with van der Waals surface area (Å²) in [5.41, 5.74) is 3.06. The zero-order chi connectivity index (χ0) is 27.7. The normalized spacial score (nSPS) is 18.6. The second-order valence-corrected chi connectivity index (χ2v) is 12.8. The Morgan fingerprint density at radius 2 is 1.95 bits per heavy atom. The Kier molecular flexibility index (Phi) is 7.30. The van der Waals surface area contributed by atoms with Gasteiger partial charge in [0.1, 0.15) is 11.6 Å². The zero-order valence-corrected chi connectivity index (χ0v) is 23.8. The van der Waals surface area contributed by atoms with Crippen LogP contribution in [0.5, 0.6) is 0 Å². The molecule has 4 heterocycles. The zero-order valence-electron chi connectivity index (χ0n) is 22.2. The summed E-state index contributed by atoms with van der Waals surface area (Å²) in [7, 11) is -1.31. The van der Waals surface area contributed by atoms with Crippen molar-refractivity contribution in [3.05, 3.63) is 71.5 Å². The third kappa shape index (κ3) is 5.47. The van der Waals surface area contributed by atoms with Crippen LogP contribution >= 0.6 is 11.3 Å². The van der Waals surface area contributed by atoms with Crippen molar-refractivity contribution in [2.24, 2.45) is 0 Å². The first-order valence-electron chi connectivity index (χ1n) is 13.1. The summed E-state index contributed by atoms with van der Waals surface area (Å²) in [6.07, 6.45) is 3.17. The second kappa shape index (κ2) is 11.0. The van der Waals surface area contributed by atoms with E-state index in [4.69, 9.17) is 14.7 Å². The van der Waals surface area contributed by atoms with Gasteiger partial charge in [-0.2, -0.15) is 0 Å². The lowest BCUT2D eigenvalue weighted by Gasteiger charge is -2.34. The first-order chi connectivity index (χ1) is 19.4. The number of thiazole rings is 1. The molecule has 40 heavy (non-hydrogen) atoms. The number of urea groups is 1. The first kappa shape index (κ1) is 26.5. The van der Waals surface area contributed by atoms with Gasteiger partial charge in [-0.3, -0.25) is 9.53 Å². The van der Waals surface area contributed by atoms with E-state index < -0.39 is 15.5 Å². The number of amides is 2. The number of nitrogens with zero attached hydrogens (tertiary/aromatic N) is 5. The Bertz CT molecular complexity index is 1540. The predicted molar refractivity (Wildman–Crippen MR) is 156 cm³/mol. The van der Waals surface area contributed by atoms with Crippen molar-refractivity contribution in [1.29, 1.82) is 0 Å². The van der Waals surface area contributed by atoms with Crippen LogP contribution in [0.15, 0.2) is 64.4 Å². The number of ether oxygens (including phenoxy) is 1. The van der Waals surface area contributed by atoms with Crippen molar-refractivity contribution < 1.29 is 13.7 Å². The molecule has 2 atom stereocenters. The lowest BCUT2D eigenvalue weighted by atomic mass is 10.1. The number of aromatic nitrogens is 4. The maximum Gasteiger partial charge on any atom is 0.324 e. The summed E-state index contributed by atoms with van der Waals surface area (Å²) in [4.78, 5) is 33.1. The molecule has 1 aliphatic carbocycles. The van der Waals surface area contributed by atoms with Crippen LogP contribution in [-0.4, -0.2) is 56.0 Å². The molecule has 1 aliphatic heterocycles. The highest BCUT2D eigenvalue weighted by Crippen LogP contribution is 2.53. The molecule has 6 rings (SSSR count). The van der Waals surface area contributed by atoms with E-state index in [1.165, 1.54) is 11.3 Å². The Hall–Kier alpha value is -3.74. The number of benzene rings is 1. The molecule has 0 radical (unpaired) electrons. The standard InChI is InChI=1S/C28H29N7O3S2/c1-18-17-39-27(30-18)40(37)28(10-11-28)22-15-24(35-13-14-38-16-19(35)2)34-25(32-22)20-6-8-21(9-7-20)31-26(36)33-23-5-3-4-12-29-23/h3-9,12,15,17,19H,10-11,13-14,16H2,1-2H3,(H2,29,31,33,36)/t19-,40?/m0/s1. The fourth-order valence-electron chi connectivity index (χ4n) is 4.66. The Balaban J connectivity index is 1.30. The number of anilines is 3. The molecule has 2 amide bonds. The SMILES string of the molecule is Cc1csc(S(=O)C2(c3cc(N4CCOC[C@@H]4C)nc(-c4ccc(NC(=O)Nc5ccccn5)cc4)n3)CC2)n1. The number of carbonyl (C=O) groups excluding carboxylic acids is 1. The molecule has 2 fully saturated rings. The molecule has 1 saturated carbocycles. The fourth-order valence-corrected chi connectivity index (χ4v) is 7.49. The van der Waals surface area contributed by atoms with Gasteiger partial charge in [0.2, 0.25) is 0 Å². The molecular formula is C28H29N7O3S2. The lowest BCUT2D eigenvalue weighted by Crippen LogP contribution is -2.44. The van der Waals surface area contributed by atoms with Crippen LogP contribution < -0.4 is 15.5 Å². The van der Waals surface area contributed by atoms with E-state index in [-0.39, 0.29) is 12.1 Å². The van der Waals surface area contributed by atoms with Crippen LogP contribution in [0.1, 0.15) is 31.2 Å². The van der Waals surface area contributed by atoms with E-state index >= 15 is 0 Å². The summed E-state index contributed by atoms with van der Waals surface area (Å²) >= 11 is 1.43. The average Bonchev–Trinajstić information content (AvgIpc) is 3.67. The van der Waals surface area contributed by atoms with E-state index in [0.29, 0.717) is 41.4 Å². The molecule has 10 nitrogen and oxygen atoms in total. The third-order valence-electron chi connectivity index (χ3n) is 6.96. The molecule has 2 aliphatic rings. The Morgan fingerprint density at radius 1 is 1.12 bits per heavy atom. The minimum Gasteiger partial charge on any atom is -0.377 e. The van der Waals surface area contributed by atoms with Gasteiger partial charge in [-0.1, -0.05) is 6.07 Å². The van der Waals surface area contributed by atoms with Gasteiger partial charge in [0, 0.05) is 41.1 Å². The van der Waals surface area contributed by atoms with Crippen molar-refractivity contribution in [3.8, 4) is 11.4 Å². The van der Waals surface area contributed by atoms with E-state index in [1.54, 1.807) is 24.4 Å². The van der Waals surface area contributed by atoms with Crippen LogP contribution in [0.3, 0.4) is 0 Å². The largest absolute Gasteiger partial charge is 0.377 e. The number of pyridine rings is 1. The molecule has 0 spiro atoms. The number of aryl methyl sites for hydroxylation is 1. The number of morpholine rings is 1. The van der Waals surface area contributed by atoms with Gasteiger partial charge in [0.25, 0.3) is 0 Å². The smallest absolute Gasteiger partial charge is 0.324 e. The van der Waals surface area contributed by atoms with Gasteiger partial charge < -0.3 is 15.0 Å². The molecule has 2 N–H and O–H groups in total. The van der Waals surface area contributed by atoms with Crippen LogP contribution in [-0.2, 0) is 20.3 Å². The minimum absolute atomic E-state index is 0.149. The van der Waals surface area contributed by atoms with E-state index in [2.05, 4.69) is 32.4 Å². The fraction of sp³-hybridized carbons (Fsp3) is 0.321. The molecule has 1 aromatic carbocycles. The molecular weight excluding hydrogens is 546 g/mol. The van der Waals surface area contributed by atoms with Crippen molar-refractivity contribution >= 4 is 45.5 Å². The monoisotopic (exact) mass is 575 g/mol. The molecule has 206 valence electrons. The maximum atomic E-state index is 13.7. The van der Waals surface area contributed by atoms with E-state index in [1.807, 2.05) is 42.6 Å². The molecule has 0 bridgehead atoms. The number of carbonyl (C=O) groups is 1. The van der Waals surface area contributed by atoms with Crippen molar-refractivity contribution in [2.75, 3.05) is 35.3 Å². The molecule has 1 unspecified atom stereocenters. The average molecular weight is 576 g/mol. The van der Waals surface area contributed by atoms with Crippen molar-refractivity contribution in [3.63, 3.8) is 0 Å². The quantitative estimate of drug-likeness (QED) is 0.317. The topological polar surface area (TPSA) is 122 Å². The number of rotatable bonds is 7. The first-order valence-corrected chi connectivity index (χ1v) is 15.1. The molecule has 12 heteroatoms. The van der Waals surface area contributed by atoms with Crippen LogP contribution in [0.2, 0.25) is 0 Å². The molecule has 3 aromatic heterocycles. The van der Waals surface area contributed by atoms with Crippen molar-refractivity contribution in [2.45, 2.75) is 41.8 Å². The van der Waals surface area contributed by atoms with Crippen LogP contribution in [0, 0.1) is 6.92 Å². The highest BCUT2D eigenvalue weighted by Gasteiger charge is 2.53. The number of nitrogens with one attached hydrogen (secondary N) is 2. The van der Waals surface area contributed by atoms with Gasteiger partial charge in [0.15, 0.2) is 10.2 Å². The summed E-state index contributed by atoms with van der Waals surface area (Å²) in [6, 6.07) is 14.4. The highest BCUT2D eigenvalue weighted by atomic mass is 32.2. The highest BCUT2D eigenvalue weighted by molar-refractivity contribution is 7.88. The van der Waals surface area contributed by atoms with Crippen LogP contribution in [0.4, 0.5) is 22.1 Å². The lowest BCUT2D eigenvalue weighted by molar-refractivity contribution is 0.0985. The van der Waals surface area contributed by atoms with Gasteiger partial charge in [-0.15, -0.1) is 11.3 Å². The molecule has 1 saturated heterocycles. The number of hydrogen-bond donors (Lipinski definition) is 2. The van der Waals surface area contributed by atoms with Crippen molar-refractivity contribution in [1.82, 2.24) is 19.9 Å². The van der Waals surface area contributed by atoms with E-state index in [9.17, 15) is 9.00 Å². The molecule has 4 aromatic rings. The summed E-state index contributed by atoms with van der Waals surface area (Å²) < 4.78 is 19.5.